The second-order valence-corrected chi connectivity index (χ2v) is 5.80. The van der Waals surface area contributed by atoms with Crippen molar-refractivity contribution in [3.8, 4) is 6.07 Å². The maximum absolute atomic E-state index is 12.5. The molecule has 0 radical (unpaired) electrons. The summed E-state index contributed by atoms with van der Waals surface area (Å²) in [4.78, 5) is 0. The first-order valence-corrected chi connectivity index (χ1v) is 8.21. The van der Waals surface area contributed by atoms with Crippen LogP contribution >= 0.6 is 7.82 Å². The summed E-state index contributed by atoms with van der Waals surface area (Å²) in [7, 11) is -3.66. The minimum Gasteiger partial charge on any atom is -0.287 e. The standard InChI is InChI=1S/C15H20NO4P/c1-4-18-21(17,19-5-2)20-15(11-13(3)12-16)14-9-7-6-8-10-14/h6-11,15H,4-5H2,1-3H3/b13-11+. The van der Waals surface area contributed by atoms with E-state index in [9.17, 15) is 4.57 Å². The Morgan fingerprint density at radius 1 is 1.29 bits per heavy atom. The number of hydrogen-bond acceptors (Lipinski definition) is 5. The van der Waals surface area contributed by atoms with Gasteiger partial charge in [-0.3, -0.25) is 13.6 Å². The van der Waals surface area contributed by atoms with Crippen LogP contribution in [0.25, 0.3) is 0 Å². The molecule has 0 aliphatic carbocycles. The smallest absolute Gasteiger partial charge is 0.287 e. The molecular formula is C15H20NO4P. The molecule has 0 saturated carbocycles. The van der Waals surface area contributed by atoms with E-state index in [2.05, 4.69) is 0 Å². The average molecular weight is 309 g/mol. The lowest BCUT2D eigenvalue weighted by atomic mass is 10.1. The highest BCUT2D eigenvalue weighted by atomic mass is 31.2. The molecule has 0 saturated heterocycles. The maximum atomic E-state index is 12.5. The summed E-state index contributed by atoms with van der Waals surface area (Å²) in [5.74, 6) is 0. The van der Waals surface area contributed by atoms with Gasteiger partial charge >= 0.3 is 7.82 Å². The fraction of sp³-hybridized carbons (Fsp3) is 0.400. The van der Waals surface area contributed by atoms with E-state index in [1.54, 1.807) is 26.8 Å². The molecule has 0 aromatic heterocycles. The minimum atomic E-state index is -3.66. The second-order valence-electron chi connectivity index (χ2n) is 4.18. The van der Waals surface area contributed by atoms with Crippen molar-refractivity contribution in [2.45, 2.75) is 26.9 Å². The lowest BCUT2D eigenvalue weighted by molar-refractivity contribution is 0.101. The highest BCUT2D eigenvalue weighted by Crippen LogP contribution is 2.53. The van der Waals surface area contributed by atoms with Gasteiger partial charge in [-0.1, -0.05) is 30.3 Å². The second kappa shape index (κ2) is 8.76. The van der Waals surface area contributed by atoms with Gasteiger partial charge in [0.15, 0.2) is 0 Å². The first kappa shape index (κ1) is 17.6. The molecule has 5 nitrogen and oxygen atoms in total. The normalized spacial score (nSPS) is 13.7. The summed E-state index contributed by atoms with van der Waals surface area (Å²) >= 11 is 0. The van der Waals surface area contributed by atoms with E-state index in [4.69, 9.17) is 18.8 Å². The molecule has 0 bridgehead atoms. The first-order chi connectivity index (χ1) is 10.0. The molecule has 0 aliphatic heterocycles. The van der Waals surface area contributed by atoms with Crippen molar-refractivity contribution in [1.82, 2.24) is 0 Å². The molecule has 6 heteroatoms. The number of hydrogen-bond donors (Lipinski definition) is 0. The number of phosphoric ester groups is 1. The van der Waals surface area contributed by atoms with Crippen molar-refractivity contribution in [3.63, 3.8) is 0 Å². The Morgan fingerprint density at radius 2 is 1.86 bits per heavy atom. The van der Waals surface area contributed by atoms with E-state index in [1.165, 1.54) is 0 Å². The minimum absolute atomic E-state index is 0.208. The van der Waals surface area contributed by atoms with E-state index in [-0.39, 0.29) is 13.2 Å². The Kier molecular flexibility index (Phi) is 7.35. The van der Waals surface area contributed by atoms with Gasteiger partial charge < -0.3 is 0 Å². The predicted molar refractivity (Wildman–Crippen MR) is 80.5 cm³/mol. The third kappa shape index (κ3) is 5.82. The average Bonchev–Trinajstić information content (AvgIpc) is 2.47. The molecule has 1 rings (SSSR count). The van der Waals surface area contributed by atoms with Crippen molar-refractivity contribution in [2.24, 2.45) is 0 Å². The van der Waals surface area contributed by atoms with Gasteiger partial charge in [-0.25, -0.2) is 4.57 Å². The molecule has 21 heavy (non-hydrogen) atoms. The maximum Gasteiger partial charge on any atom is 0.475 e. The molecule has 0 spiro atoms. The third-order valence-electron chi connectivity index (χ3n) is 2.52. The van der Waals surface area contributed by atoms with Crippen molar-refractivity contribution in [3.05, 3.63) is 47.5 Å². The van der Waals surface area contributed by atoms with Crippen molar-refractivity contribution in [2.75, 3.05) is 13.2 Å². The van der Waals surface area contributed by atoms with Crippen LogP contribution in [-0.2, 0) is 18.1 Å². The monoisotopic (exact) mass is 309 g/mol. The SMILES string of the molecule is CCOP(=O)(OCC)OC(/C=C(\C)C#N)c1ccccc1. The lowest BCUT2D eigenvalue weighted by Crippen LogP contribution is -2.06. The molecule has 1 aromatic rings. The Morgan fingerprint density at radius 3 is 2.33 bits per heavy atom. The van der Waals surface area contributed by atoms with Gasteiger partial charge in [0.05, 0.1) is 19.3 Å². The van der Waals surface area contributed by atoms with Gasteiger partial charge in [0.2, 0.25) is 0 Å². The van der Waals surface area contributed by atoms with Gasteiger partial charge in [0.25, 0.3) is 0 Å². The van der Waals surface area contributed by atoms with Gasteiger partial charge in [-0.05, 0) is 32.4 Å². The molecule has 0 N–H and O–H groups in total. The summed E-state index contributed by atoms with van der Waals surface area (Å²) in [6.45, 7) is 5.50. The Balaban J connectivity index is 3.08. The zero-order chi connectivity index (χ0) is 15.7. The van der Waals surface area contributed by atoms with Gasteiger partial charge in [-0.15, -0.1) is 0 Å². The van der Waals surface area contributed by atoms with Crippen LogP contribution in [0.3, 0.4) is 0 Å². The van der Waals surface area contributed by atoms with Crippen molar-refractivity contribution < 1.29 is 18.1 Å². The summed E-state index contributed by atoms with van der Waals surface area (Å²) < 4.78 is 28.3. The molecule has 0 heterocycles. The fourth-order valence-electron chi connectivity index (χ4n) is 1.65. The van der Waals surface area contributed by atoms with E-state index in [1.807, 2.05) is 36.4 Å². The molecule has 114 valence electrons. The van der Waals surface area contributed by atoms with Crippen molar-refractivity contribution >= 4 is 7.82 Å². The molecule has 0 amide bonds. The van der Waals surface area contributed by atoms with Gasteiger partial charge in [0.1, 0.15) is 6.10 Å². The summed E-state index contributed by atoms with van der Waals surface area (Å²) in [5.41, 5.74) is 1.23. The Hall–Kier alpha value is -1.44. The Labute approximate surface area is 125 Å². The number of allylic oxidation sites excluding steroid dienone is 1. The largest absolute Gasteiger partial charge is 0.475 e. The summed E-state index contributed by atoms with van der Waals surface area (Å²) in [6.07, 6.45) is 0.926. The Bertz CT molecular complexity index is 541. The van der Waals surface area contributed by atoms with E-state index < -0.39 is 13.9 Å². The van der Waals surface area contributed by atoms with E-state index in [0.29, 0.717) is 5.57 Å². The molecule has 0 aliphatic rings. The predicted octanol–water partition coefficient (Wildman–Crippen LogP) is 4.40. The fourth-order valence-corrected chi connectivity index (χ4v) is 2.94. The number of nitrogens with zero attached hydrogens (tertiary/aromatic N) is 1. The number of benzene rings is 1. The van der Waals surface area contributed by atoms with Crippen LogP contribution in [0.1, 0.15) is 32.4 Å². The van der Waals surface area contributed by atoms with Gasteiger partial charge in [-0.2, -0.15) is 5.26 Å². The first-order valence-electron chi connectivity index (χ1n) is 6.75. The molecule has 1 aromatic carbocycles. The van der Waals surface area contributed by atoms with E-state index >= 15 is 0 Å². The lowest BCUT2D eigenvalue weighted by Gasteiger charge is -2.21. The zero-order valence-electron chi connectivity index (χ0n) is 12.5. The number of rotatable bonds is 8. The van der Waals surface area contributed by atoms with Crippen LogP contribution in [0.2, 0.25) is 0 Å². The highest BCUT2D eigenvalue weighted by Gasteiger charge is 2.30. The highest BCUT2D eigenvalue weighted by molar-refractivity contribution is 7.48. The summed E-state index contributed by atoms with van der Waals surface area (Å²) in [5, 5.41) is 8.93. The van der Waals surface area contributed by atoms with Crippen LogP contribution in [0.4, 0.5) is 0 Å². The van der Waals surface area contributed by atoms with Crippen LogP contribution in [0, 0.1) is 11.3 Å². The number of phosphoric acid groups is 1. The molecular weight excluding hydrogens is 289 g/mol. The zero-order valence-corrected chi connectivity index (χ0v) is 13.4. The van der Waals surface area contributed by atoms with Crippen LogP contribution in [0.15, 0.2) is 42.0 Å². The van der Waals surface area contributed by atoms with Gasteiger partial charge in [0, 0.05) is 5.57 Å². The van der Waals surface area contributed by atoms with Crippen molar-refractivity contribution in [1.29, 1.82) is 5.26 Å². The van der Waals surface area contributed by atoms with Crippen LogP contribution in [0.5, 0.6) is 0 Å². The topological polar surface area (TPSA) is 68.6 Å². The third-order valence-corrected chi connectivity index (χ3v) is 4.16. The summed E-state index contributed by atoms with van der Waals surface area (Å²) in [6, 6.07) is 11.2. The molecule has 1 unspecified atom stereocenters. The quantitative estimate of drug-likeness (QED) is 0.526. The number of nitriles is 1. The molecule has 0 fully saturated rings. The van der Waals surface area contributed by atoms with E-state index in [0.717, 1.165) is 5.56 Å². The van der Waals surface area contributed by atoms with Crippen LogP contribution in [-0.4, -0.2) is 13.2 Å². The molecule has 1 atom stereocenters. The van der Waals surface area contributed by atoms with Crippen LogP contribution < -0.4 is 0 Å².